The van der Waals surface area contributed by atoms with Crippen molar-refractivity contribution in [3.8, 4) is 0 Å². The van der Waals surface area contributed by atoms with Gasteiger partial charge >= 0.3 is 6.09 Å². The van der Waals surface area contributed by atoms with Crippen LogP contribution < -0.4 is 5.32 Å². The number of carbonyl (C=O) groups excluding carboxylic acids is 1. The smallest absolute Gasteiger partial charge is 0.408 e. The molecule has 4 heteroatoms. The van der Waals surface area contributed by atoms with Crippen molar-refractivity contribution in [1.82, 2.24) is 5.32 Å². The molecule has 0 heterocycles. The number of carbonyl (C=O) groups is 1. The van der Waals surface area contributed by atoms with Gasteiger partial charge in [0.25, 0.3) is 0 Å². The van der Waals surface area contributed by atoms with Crippen LogP contribution in [0.5, 0.6) is 0 Å². The molecule has 1 unspecified atom stereocenters. The average Bonchev–Trinajstić information content (AvgIpc) is 2.19. The van der Waals surface area contributed by atoms with Crippen LogP contribution in [-0.2, 0) is 9.47 Å². The summed E-state index contributed by atoms with van der Waals surface area (Å²) in [6.45, 7) is 17.1. The van der Waals surface area contributed by atoms with E-state index in [2.05, 4.69) is 18.5 Å². The molecule has 0 saturated heterocycles. The quantitative estimate of drug-likeness (QED) is 0.742. The standard InChI is InChI=1S/C14H25NO3/c1-8-12(11(4)17-9-10(2)3)15-13(16)18-14(5,6)7/h8,11-12H,1-2,9H2,3-7H3,(H,15,16)/t11-,12?/m1/s1. The van der Waals surface area contributed by atoms with Crippen molar-refractivity contribution in [1.29, 1.82) is 0 Å². The maximum atomic E-state index is 11.6. The fourth-order valence-corrected chi connectivity index (χ4v) is 1.19. The van der Waals surface area contributed by atoms with Crippen molar-refractivity contribution in [2.45, 2.75) is 52.4 Å². The predicted octanol–water partition coefficient (Wildman–Crippen LogP) is 3.05. The zero-order valence-electron chi connectivity index (χ0n) is 12.1. The van der Waals surface area contributed by atoms with Gasteiger partial charge in [0.2, 0.25) is 0 Å². The van der Waals surface area contributed by atoms with Crippen LogP contribution in [0.1, 0.15) is 34.6 Å². The van der Waals surface area contributed by atoms with E-state index in [0.29, 0.717) is 6.61 Å². The van der Waals surface area contributed by atoms with Crippen molar-refractivity contribution in [3.63, 3.8) is 0 Å². The highest BCUT2D eigenvalue weighted by Gasteiger charge is 2.21. The molecule has 0 fully saturated rings. The zero-order valence-corrected chi connectivity index (χ0v) is 12.1. The predicted molar refractivity (Wildman–Crippen MR) is 73.6 cm³/mol. The Morgan fingerprint density at radius 1 is 1.44 bits per heavy atom. The Labute approximate surface area is 110 Å². The normalized spacial score (nSPS) is 14.5. The van der Waals surface area contributed by atoms with E-state index in [0.717, 1.165) is 5.57 Å². The Balaban J connectivity index is 4.29. The number of hydrogen-bond acceptors (Lipinski definition) is 3. The molecule has 0 spiro atoms. The molecule has 0 aromatic heterocycles. The van der Waals surface area contributed by atoms with Gasteiger partial charge in [-0.15, -0.1) is 6.58 Å². The molecule has 0 radical (unpaired) electrons. The second kappa shape index (κ2) is 7.21. The van der Waals surface area contributed by atoms with Crippen LogP contribution in [0.4, 0.5) is 4.79 Å². The lowest BCUT2D eigenvalue weighted by Crippen LogP contribution is -2.44. The summed E-state index contributed by atoms with van der Waals surface area (Å²) in [4.78, 5) is 11.6. The highest BCUT2D eigenvalue weighted by atomic mass is 16.6. The fraction of sp³-hybridized carbons (Fsp3) is 0.643. The lowest BCUT2D eigenvalue weighted by Gasteiger charge is -2.25. The van der Waals surface area contributed by atoms with Crippen molar-refractivity contribution in [2.24, 2.45) is 0 Å². The summed E-state index contributed by atoms with van der Waals surface area (Å²) in [5, 5.41) is 2.71. The first-order chi connectivity index (χ1) is 8.15. The maximum absolute atomic E-state index is 11.6. The summed E-state index contributed by atoms with van der Waals surface area (Å²) in [6, 6.07) is -0.292. The minimum Gasteiger partial charge on any atom is -0.444 e. The summed E-state index contributed by atoms with van der Waals surface area (Å²) in [5.74, 6) is 0. The van der Waals surface area contributed by atoms with E-state index >= 15 is 0 Å². The van der Waals surface area contributed by atoms with Crippen LogP contribution >= 0.6 is 0 Å². The van der Waals surface area contributed by atoms with E-state index in [1.54, 1.807) is 6.08 Å². The number of amides is 1. The summed E-state index contributed by atoms with van der Waals surface area (Å²) in [5.41, 5.74) is 0.416. The Morgan fingerprint density at radius 3 is 2.39 bits per heavy atom. The SMILES string of the molecule is C=CC(NC(=O)OC(C)(C)C)[C@@H](C)OCC(=C)C. The Kier molecular flexibility index (Phi) is 6.70. The number of rotatable bonds is 6. The van der Waals surface area contributed by atoms with E-state index < -0.39 is 11.7 Å². The lowest BCUT2D eigenvalue weighted by molar-refractivity contribution is 0.0357. The third-order valence-corrected chi connectivity index (χ3v) is 2.04. The number of ether oxygens (including phenoxy) is 2. The third-order valence-electron chi connectivity index (χ3n) is 2.04. The van der Waals surface area contributed by atoms with Gasteiger partial charge in [-0.25, -0.2) is 4.79 Å². The van der Waals surface area contributed by atoms with E-state index in [9.17, 15) is 4.79 Å². The first kappa shape index (κ1) is 16.7. The molecule has 1 N–H and O–H groups in total. The maximum Gasteiger partial charge on any atom is 0.408 e. The highest BCUT2D eigenvalue weighted by molar-refractivity contribution is 5.68. The lowest BCUT2D eigenvalue weighted by atomic mass is 10.2. The Hall–Kier alpha value is -1.29. The largest absolute Gasteiger partial charge is 0.444 e. The first-order valence-corrected chi connectivity index (χ1v) is 6.03. The molecule has 2 atom stereocenters. The first-order valence-electron chi connectivity index (χ1n) is 6.03. The minimum absolute atomic E-state index is 0.188. The third kappa shape index (κ3) is 7.90. The molecule has 4 nitrogen and oxygen atoms in total. The van der Waals surface area contributed by atoms with Crippen molar-refractivity contribution in [2.75, 3.05) is 6.61 Å². The summed E-state index contributed by atoms with van der Waals surface area (Å²) >= 11 is 0. The minimum atomic E-state index is -0.516. The molecule has 0 aliphatic heterocycles. The van der Waals surface area contributed by atoms with E-state index in [1.807, 2.05) is 34.6 Å². The van der Waals surface area contributed by atoms with Crippen LogP contribution in [0.25, 0.3) is 0 Å². The van der Waals surface area contributed by atoms with Crippen LogP contribution in [-0.4, -0.2) is 30.4 Å². The Morgan fingerprint density at radius 2 is 2.00 bits per heavy atom. The van der Waals surface area contributed by atoms with Crippen molar-refractivity contribution < 1.29 is 14.3 Å². The number of hydrogen-bond donors (Lipinski definition) is 1. The molecule has 0 rings (SSSR count). The molecule has 104 valence electrons. The van der Waals surface area contributed by atoms with Gasteiger partial charge in [0.15, 0.2) is 0 Å². The number of nitrogens with one attached hydrogen (secondary N) is 1. The molecule has 0 aliphatic carbocycles. The van der Waals surface area contributed by atoms with E-state index in [-0.39, 0.29) is 12.1 Å². The van der Waals surface area contributed by atoms with Crippen molar-refractivity contribution >= 4 is 6.09 Å². The topological polar surface area (TPSA) is 47.6 Å². The summed E-state index contributed by atoms with van der Waals surface area (Å²) in [7, 11) is 0. The van der Waals surface area contributed by atoms with E-state index in [4.69, 9.17) is 9.47 Å². The second-order valence-corrected chi connectivity index (χ2v) is 5.38. The molecule has 0 saturated carbocycles. The summed E-state index contributed by atoms with van der Waals surface area (Å²) < 4.78 is 10.7. The van der Waals surface area contributed by atoms with Gasteiger partial charge in [-0.2, -0.15) is 0 Å². The average molecular weight is 255 g/mol. The van der Waals surface area contributed by atoms with Gasteiger partial charge in [0.1, 0.15) is 5.60 Å². The van der Waals surface area contributed by atoms with Crippen molar-refractivity contribution in [3.05, 3.63) is 24.8 Å². The van der Waals surface area contributed by atoms with Gasteiger partial charge < -0.3 is 14.8 Å². The monoisotopic (exact) mass is 255 g/mol. The molecular formula is C14H25NO3. The molecular weight excluding hydrogens is 230 g/mol. The molecule has 0 aromatic carbocycles. The molecule has 18 heavy (non-hydrogen) atoms. The molecule has 0 aliphatic rings. The van der Waals surface area contributed by atoms with Gasteiger partial charge in [0, 0.05) is 0 Å². The van der Waals surface area contributed by atoms with Crippen LogP contribution in [0, 0.1) is 0 Å². The second-order valence-electron chi connectivity index (χ2n) is 5.38. The van der Waals surface area contributed by atoms with Crippen LogP contribution in [0.2, 0.25) is 0 Å². The highest BCUT2D eigenvalue weighted by Crippen LogP contribution is 2.08. The van der Waals surface area contributed by atoms with E-state index in [1.165, 1.54) is 0 Å². The number of alkyl carbamates (subject to hydrolysis) is 1. The molecule has 0 bridgehead atoms. The Bertz CT molecular complexity index is 305. The van der Waals surface area contributed by atoms with Gasteiger partial charge in [0.05, 0.1) is 18.8 Å². The van der Waals surface area contributed by atoms with Gasteiger partial charge in [-0.05, 0) is 34.6 Å². The summed E-state index contributed by atoms with van der Waals surface area (Å²) in [6.07, 6.45) is 0.970. The fourth-order valence-electron chi connectivity index (χ4n) is 1.19. The van der Waals surface area contributed by atoms with Crippen LogP contribution in [0.3, 0.4) is 0 Å². The van der Waals surface area contributed by atoms with Gasteiger partial charge in [-0.3, -0.25) is 0 Å². The zero-order chi connectivity index (χ0) is 14.3. The molecule has 0 aromatic rings. The molecule has 1 amide bonds. The van der Waals surface area contributed by atoms with Gasteiger partial charge in [-0.1, -0.05) is 18.2 Å². The van der Waals surface area contributed by atoms with Crippen LogP contribution in [0.15, 0.2) is 24.8 Å².